The molecular formula is C24H23N3. The monoisotopic (exact) mass is 353 g/mol. The number of terminal acetylenes is 2. The van der Waals surface area contributed by atoms with Gasteiger partial charge in [-0.25, -0.2) is 0 Å². The Bertz CT molecular complexity index is 983. The van der Waals surface area contributed by atoms with E-state index < -0.39 is 0 Å². The van der Waals surface area contributed by atoms with Crippen molar-refractivity contribution in [1.29, 1.82) is 0 Å². The first-order valence-electron chi connectivity index (χ1n) is 8.34. The van der Waals surface area contributed by atoms with Crippen LogP contribution in [-0.2, 0) is 0 Å². The molecule has 0 fully saturated rings. The molecule has 0 atom stereocenters. The molecule has 0 heterocycles. The van der Waals surface area contributed by atoms with E-state index in [0.717, 1.165) is 28.3 Å². The second-order valence-corrected chi connectivity index (χ2v) is 6.04. The third kappa shape index (κ3) is 4.63. The molecule has 0 unspecified atom stereocenters. The molecule has 2 N–H and O–H groups in total. The Labute approximate surface area is 162 Å². The van der Waals surface area contributed by atoms with Crippen molar-refractivity contribution in [3.8, 4) is 24.7 Å². The van der Waals surface area contributed by atoms with Gasteiger partial charge in [-0.3, -0.25) is 0 Å². The molecule has 0 spiro atoms. The van der Waals surface area contributed by atoms with Crippen LogP contribution in [0.1, 0.15) is 5.56 Å². The molecule has 0 aliphatic rings. The van der Waals surface area contributed by atoms with Crippen molar-refractivity contribution in [2.24, 2.45) is 0 Å². The molecule has 0 amide bonds. The summed E-state index contributed by atoms with van der Waals surface area (Å²) in [5.41, 5.74) is 11.8. The van der Waals surface area contributed by atoms with E-state index in [9.17, 15) is 0 Å². The average molecular weight is 353 g/mol. The van der Waals surface area contributed by atoms with E-state index in [1.807, 2.05) is 66.4 Å². The summed E-state index contributed by atoms with van der Waals surface area (Å²) >= 11 is 0. The minimum Gasteiger partial charge on any atom is -0.399 e. The predicted octanol–water partition coefficient (Wildman–Crippen LogP) is 4.71. The minimum atomic E-state index is 0.573. The van der Waals surface area contributed by atoms with E-state index in [-0.39, 0.29) is 0 Å². The molecule has 0 aromatic heterocycles. The van der Waals surface area contributed by atoms with Gasteiger partial charge in [0.2, 0.25) is 0 Å². The number of hydrogen-bond donors (Lipinski definition) is 1. The maximum absolute atomic E-state index is 6.16. The van der Waals surface area contributed by atoms with Crippen LogP contribution in [0.4, 0.5) is 22.7 Å². The minimum absolute atomic E-state index is 0.573. The van der Waals surface area contributed by atoms with Gasteiger partial charge in [0.25, 0.3) is 0 Å². The fourth-order valence-electron chi connectivity index (χ4n) is 2.62. The molecule has 134 valence electrons. The van der Waals surface area contributed by atoms with Gasteiger partial charge in [-0.1, -0.05) is 31.1 Å². The van der Waals surface area contributed by atoms with E-state index >= 15 is 0 Å². The van der Waals surface area contributed by atoms with Crippen LogP contribution in [0.2, 0.25) is 0 Å². The Morgan fingerprint density at radius 1 is 1.07 bits per heavy atom. The van der Waals surface area contributed by atoms with Crippen molar-refractivity contribution < 1.29 is 0 Å². The molecule has 0 radical (unpaired) electrons. The van der Waals surface area contributed by atoms with E-state index in [1.165, 1.54) is 0 Å². The maximum Gasteiger partial charge on any atom is 0.0449 e. The number of likely N-dealkylation sites (N-methyl/N-ethyl adjacent to an activating group) is 1. The molecule has 0 saturated carbocycles. The Kier molecular flexibility index (Phi) is 6.15. The van der Waals surface area contributed by atoms with E-state index in [0.29, 0.717) is 11.3 Å². The van der Waals surface area contributed by atoms with E-state index in [1.54, 1.807) is 12.2 Å². The van der Waals surface area contributed by atoms with Crippen LogP contribution in [0.15, 0.2) is 79.0 Å². The third-order valence-corrected chi connectivity index (χ3v) is 4.20. The lowest BCUT2D eigenvalue weighted by molar-refractivity contribution is 1.13. The number of rotatable bonds is 6. The number of nitrogen functional groups attached to an aromatic ring is 1. The van der Waals surface area contributed by atoms with Crippen LogP contribution in [-0.4, -0.2) is 14.1 Å². The molecule has 2 rings (SSSR count). The number of nitrogens with zero attached hydrogens (tertiary/aromatic N) is 2. The molecule has 3 nitrogen and oxygen atoms in total. The summed E-state index contributed by atoms with van der Waals surface area (Å²) in [5.74, 6) is 5.17. The summed E-state index contributed by atoms with van der Waals surface area (Å²) in [4.78, 5) is 3.99. The lowest BCUT2D eigenvalue weighted by atomic mass is 10.1. The molecule has 0 aliphatic carbocycles. The molecule has 0 saturated heterocycles. The Balaban J connectivity index is 2.45. The zero-order chi connectivity index (χ0) is 20.0. The summed E-state index contributed by atoms with van der Waals surface area (Å²) in [6.45, 7) is 7.68. The quantitative estimate of drug-likeness (QED) is 0.464. The number of hydrogen-bond acceptors (Lipinski definition) is 3. The average Bonchev–Trinajstić information content (AvgIpc) is 2.70. The van der Waals surface area contributed by atoms with Gasteiger partial charge >= 0.3 is 0 Å². The SMILES string of the molecule is C#CC(=C)/C=C(\C=C)N(C)c1cc(N)cc(N(C)c2cccc(C#C)c2)c1. The highest BCUT2D eigenvalue weighted by Gasteiger charge is 2.11. The van der Waals surface area contributed by atoms with Crippen LogP contribution >= 0.6 is 0 Å². The van der Waals surface area contributed by atoms with Gasteiger partial charge in [-0.05, 0) is 48.6 Å². The molecule has 3 heteroatoms. The lowest BCUT2D eigenvalue weighted by Crippen LogP contribution is -2.17. The van der Waals surface area contributed by atoms with Crippen molar-refractivity contribution >= 4 is 22.7 Å². The molecular weight excluding hydrogens is 330 g/mol. The second kappa shape index (κ2) is 8.52. The summed E-state index contributed by atoms with van der Waals surface area (Å²) in [6.07, 6.45) is 14.4. The van der Waals surface area contributed by atoms with Crippen molar-refractivity contribution in [3.05, 3.63) is 84.6 Å². The number of anilines is 4. The Morgan fingerprint density at radius 3 is 2.41 bits per heavy atom. The van der Waals surface area contributed by atoms with Gasteiger partial charge < -0.3 is 15.5 Å². The zero-order valence-corrected chi connectivity index (χ0v) is 15.7. The summed E-state index contributed by atoms with van der Waals surface area (Å²) < 4.78 is 0. The molecule has 2 aromatic rings. The molecule has 0 bridgehead atoms. The fourth-order valence-corrected chi connectivity index (χ4v) is 2.62. The number of nitrogens with two attached hydrogens (primary N) is 1. The summed E-state index contributed by atoms with van der Waals surface area (Å²) in [6, 6.07) is 13.6. The maximum atomic E-state index is 6.16. The van der Waals surface area contributed by atoms with Crippen LogP contribution in [0.5, 0.6) is 0 Å². The third-order valence-electron chi connectivity index (χ3n) is 4.20. The van der Waals surface area contributed by atoms with Gasteiger partial charge in [-0.15, -0.1) is 12.8 Å². The first-order valence-corrected chi connectivity index (χ1v) is 8.34. The first kappa shape index (κ1) is 19.5. The zero-order valence-electron chi connectivity index (χ0n) is 15.7. The fraction of sp³-hybridized carbons (Fsp3) is 0.0833. The highest BCUT2D eigenvalue weighted by atomic mass is 15.1. The van der Waals surface area contributed by atoms with E-state index in [4.69, 9.17) is 18.6 Å². The lowest BCUT2D eigenvalue weighted by Gasteiger charge is -2.25. The smallest absolute Gasteiger partial charge is 0.0449 e. The first-order chi connectivity index (χ1) is 12.9. The molecule has 27 heavy (non-hydrogen) atoms. The number of allylic oxidation sites excluding steroid dienone is 3. The standard InChI is InChI=1S/C24H23N3/c1-7-18(4)13-21(9-3)26(5)23-15-20(25)16-24(17-23)27(6)22-12-10-11-19(8-2)14-22/h1-2,9-17H,3-4,25H2,5-6H3/b21-13+. The van der Waals surface area contributed by atoms with E-state index in [2.05, 4.69) is 25.0 Å². The summed E-state index contributed by atoms with van der Waals surface area (Å²) in [7, 11) is 3.90. The van der Waals surface area contributed by atoms with Crippen molar-refractivity contribution in [3.63, 3.8) is 0 Å². The summed E-state index contributed by atoms with van der Waals surface area (Å²) in [5, 5.41) is 0. The van der Waals surface area contributed by atoms with Gasteiger partial charge in [0.15, 0.2) is 0 Å². The molecule has 2 aromatic carbocycles. The van der Waals surface area contributed by atoms with Crippen molar-refractivity contribution in [2.75, 3.05) is 29.6 Å². The Morgan fingerprint density at radius 2 is 1.78 bits per heavy atom. The number of benzene rings is 2. The van der Waals surface area contributed by atoms with Crippen LogP contribution in [0.25, 0.3) is 0 Å². The topological polar surface area (TPSA) is 32.5 Å². The van der Waals surface area contributed by atoms with Gasteiger partial charge in [0.1, 0.15) is 0 Å². The van der Waals surface area contributed by atoms with Gasteiger partial charge in [0.05, 0.1) is 0 Å². The van der Waals surface area contributed by atoms with Crippen LogP contribution in [0, 0.1) is 24.7 Å². The molecule has 0 aliphatic heterocycles. The highest BCUT2D eigenvalue weighted by molar-refractivity contribution is 5.74. The van der Waals surface area contributed by atoms with Gasteiger partial charge in [0, 0.05) is 53.7 Å². The highest BCUT2D eigenvalue weighted by Crippen LogP contribution is 2.31. The largest absolute Gasteiger partial charge is 0.399 e. The van der Waals surface area contributed by atoms with Crippen LogP contribution < -0.4 is 15.5 Å². The van der Waals surface area contributed by atoms with Crippen molar-refractivity contribution in [1.82, 2.24) is 0 Å². The predicted molar refractivity (Wildman–Crippen MR) is 118 cm³/mol. The van der Waals surface area contributed by atoms with Crippen molar-refractivity contribution in [2.45, 2.75) is 0 Å². The Hall–Kier alpha value is -3.82. The van der Waals surface area contributed by atoms with Crippen LogP contribution in [0.3, 0.4) is 0 Å². The second-order valence-electron chi connectivity index (χ2n) is 6.04. The normalized spacial score (nSPS) is 10.4. The van der Waals surface area contributed by atoms with Gasteiger partial charge in [-0.2, -0.15) is 0 Å².